The predicted molar refractivity (Wildman–Crippen MR) is 162 cm³/mol. The van der Waals surface area contributed by atoms with Crippen molar-refractivity contribution in [2.75, 3.05) is 19.6 Å². The van der Waals surface area contributed by atoms with Gasteiger partial charge in [-0.3, -0.25) is 14.4 Å². The molecule has 0 unspecified atom stereocenters. The van der Waals surface area contributed by atoms with Crippen LogP contribution in [-0.2, 0) is 14.4 Å². The number of likely N-dealkylation sites (tertiary alicyclic amines) is 1. The van der Waals surface area contributed by atoms with Crippen molar-refractivity contribution in [2.45, 2.75) is 35.1 Å². The first kappa shape index (κ1) is 27.7. The third-order valence-corrected chi connectivity index (χ3v) is 9.79. The summed E-state index contributed by atoms with van der Waals surface area (Å²) in [5.74, 6) is -0.578. The smallest absolute Gasteiger partial charge is 0.242 e. The number of carbonyl (C=O) groups excluding carboxylic acids is 3. The number of nitrogens with one attached hydrogen (secondary N) is 2. The summed E-state index contributed by atoms with van der Waals surface area (Å²) in [5, 5.41) is 4.87. The third kappa shape index (κ3) is 5.09. The molecule has 3 heterocycles. The van der Waals surface area contributed by atoms with Crippen LogP contribution in [0.5, 0.6) is 0 Å². The molecule has 2 aliphatic heterocycles. The van der Waals surface area contributed by atoms with Crippen LogP contribution >= 0.6 is 35.0 Å². The molecule has 2 N–H and O–H groups in total. The maximum Gasteiger partial charge on any atom is 0.242 e. The summed E-state index contributed by atoms with van der Waals surface area (Å²) in [7, 11) is 0. The van der Waals surface area contributed by atoms with Gasteiger partial charge in [-0.1, -0.05) is 59.6 Å². The van der Waals surface area contributed by atoms with E-state index in [0.717, 1.165) is 26.9 Å². The zero-order valence-electron chi connectivity index (χ0n) is 22.3. The minimum Gasteiger partial charge on any atom is -0.361 e. The highest BCUT2D eigenvalue weighted by Crippen LogP contribution is 2.56. The van der Waals surface area contributed by atoms with E-state index in [1.165, 1.54) is 11.8 Å². The van der Waals surface area contributed by atoms with E-state index < -0.39 is 10.8 Å². The number of nitrogens with zero attached hydrogens (tertiary/aromatic N) is 2. The monoisotopic (exact) mass is 606 g/mol. The Balaban J connectivity index is 1.56. The van der Waals surface area contributed by atoms with E-state index in [0.29, 0.717) is 23.1 Å². The predicted octanol–water partition coefficient (Wildman–Crippen LogP) is 6.00. The number of aromatic amines is 1. The van der Waals surface area contributed by atoms with Crippen LogP contribution in [0, 0.1) is 0 Å². The van der Waals surface area contributed by atoms with Gasteiger partial charge in [0, 0.05) is 50.7 Å². The van der Waals surface area contributed by atoms with Gasteiger partial charge in [-0.2, -0.15) is 0 Å². The lowest BCUT2D eigenvalue weighted by Gasteiger charge is -2.41. The molecule has 0 aliphatic carbocycles. The van der Waals surface area contributed by atoms with Gasteiger partial charge in [-0.25, -0.2) is 0 Å². The minimum absolute atomic E-state index is 0.0215. The third-order valence-electron chi connectivity index (χ3n) is 7.89. The number of thioether (sulfide) groups is 1. The normalized spacial score (nSPS) is 21.8. The molecule has 3 atom stereocenters. The first-order chi connectivity index (χ1) is 19.8. The molecule has 2 saturated heterocycles. The number of H-pyrrole nitrogens is 1. The number of fused-ring (bicyclic) bond motifs is 1. The molecule has 2 fully saturated rings. The van der Waals surface area contributed by atoms with E-state index in [2.05, 4.69) is 10.3 Å². The highest BCUT2D eigenvalue weighted by atomic mass is 35.5. The van der Waals surface area contributed by atoms with Crippen molar-refractivity contribution in [3.63, 3.8) is 0 Å². The molecule has 7 nitrogen and oxygen atoms in total. The molecule has 3 aromatic carbocycles. The van der Waals surface area contributed by atoms with Crippen LogP contribution in [0.2, 0.25) is 10.0 Å². The van der Waals surface area contributed by atoms with Gasteiger partial charge in [-0.15, -0.1) is 11.8 Å². The Morgan fingerprint density at radius 3 is 2.49 bits per heavy atom. The van der Waals surface area contributed by atoms with Gasteiger partial charge >= 0.3 is 0 Å². The SMILES string of the molecule is C[C@H](c1ccc(Cl)cc1)N1C(=O)C[C@@](Sc2ccccc2)(C(=O)N2CCNC(=O)C2)[C@H]1c1c[nH]c2cc(Cl)ccc12. The number of hydrogen-bond acceptors (Lipinski definition) is 4. The van der Waals surface area contributed by atoms with Gasteiger partial charge in [0.25, 0.3) is 0 Å². The van der Waals surface area contributed by atoms with Crippen molar-refractivity contribution in [1.82, 2.24) is 20.1 Å². The van der Waals surface area contributed by atoms with Crippen LogP contribution in [0.4, 0.5) is 0 Å². The molecular formula is C31H28Cl2N4O3S. The molecule has 1 aromatic heterocycles. The lowest BCUT2D eigenvalue weighted by Crippen LogP contribution is -2.57. The average Bonchev–Trinajstić information content (AvgIpc) is 3.50. The van der Waals surface area contributed by atoms with Gasteiger partial charge in [0.1, 0.15) is 4.75 Å². The molecule has 2 aliphatic rings. The Morgan fingerprint density at radius 1 is 1.02 bits per heavy atom. The van der Waals surface area contributed by atoms with E-state index in [-0.39, 0.29) is 36.7 Å². The van der Waals surface area contributed by atoms with E-state index in [1.807, 2.05) is 78.7 Å². The maximum absolute atomic E-state index is 14.8. The maximum atomic E-state index is 14.8. The largest absolute Gasteiger partial charge is 0.361 e. The van der Waals surface area contributed by atoms with Gasteiger partial charge in [-0.05, 0) is 48.9 Å². The number of rotatable bonds is 6. The summed E-state index contributed by atoms with van der Waals surface area (Å²) in [5.41, 5.74) is 2.54. The highest BCUT2D eigenvalue weighted by molar-refractivity contribution is 8.01. The Labute approximate surface area is 252 Å². The van der Waals surface area contributed by atoms with Gasteiger partial charge < -0.3 is 20.1 Å². The Hall–Kier alpha value is -3.46. The van der Waals surface area contributed by atoms with E-state index in [4.69, 9.17) is 23.2 Å². The zero-order chi connectivity index (χ0) is 28.7. The first-order valence-electron chi connectivity index (χ1n) is 13.4. The van der Waals surface area contributed by atoms with E-state index >= 15 is 0 Å². The van der Waals surface area contributed by atoms with E-state index in [9.17, 15) is 14.4 Å². The summed E-state index contributed by atoms with van der Waals surface area (Å²) >= 11 is 13.9. The number of aromatic nitrogens is 1. The van der Waals surface area contributed by atoms with Gasteiger partial charge in [0.05, 0.1) is 25.0 Å². The Bertz CT molecular complexity index is 1630. The fraction of sp³-hybridized carbons (Fsp3) is 0.258. The van der Waals surface area contributed by atoms with Crippen LogP contribution < -0.4 is 5.32 Å². The van der Waals surface area contributed by atoms with Crippen molar-refractivity contribution >= 4 is 63.6 Å². The highest BCUT2D eigenvalue weighted by Gasteiger charge is 2.61. The molecule has 41 heavy (non-hydrogen) atoms. The second-order valence-corrected chi connectivity index (χ2v) is 12.7. The molecule has 4 aromatic rings. The average molecular weight is 608 g/mol. The van der Waals surface area contributed by atoms with Crippen LogP contribution in [0.1, 0.15) is 36.6 Å². The molecule has 0 spiro atoms. The molecule has 0 saturated carbocycles. The molecule has 210 valence electrons. The molecule has 0 radical (unpaired) electrons. The standard InChI is InChI=1S/C31H28Cl2N4O3S/c1-19(20-7-9-21(32)10-8-20)37-28(39)16-31(41-23-5-3-2-4-6-23,30(40)36-14-13-34-27(38)18-36)29(37)25-17-35-26-15-22(33)11-12-24(25)26/h2-12,15,17,19,29,35H,13-14,16,18H2,1H3,(H,34,38)/t19-,29-,31+/m1/s1. The van der Waals surface area contributed by atoms with Crippen molar-refractivity contribution in [1.29, 1.82) is 0 Å². The van der Waals surface area contributed by atoms with Crippen LogP contribution in [0.3, 0.4) is 0 Å². The van der Waals surface area contributed by atoms with Crippen LogP contribution in [-0.4, -0.2) is 56.9 Å². The summed E-state index contributed by atoms with van der Waals surface area (Å²) < 4.78 is -1.24. The summed E-state index contributed by atoms with van der Waals surface area (Å²) in [6.07, 6.45) is 1.86. The minimum atomic E-state index is -1.24. The quantitative estimate of drug-likeness (QED) is 0.282. The topological polar surface area (TPSA) is 85.5 Å². The van der Waals surface area contributed by atoms with Crippen LogP contribution in [0.25, 0.3) is 10.9 Å². The van der Waals surface area contributed by atoms with E-state index in [1.54, 1.807) is 17.0 Å². The summed E-state index contributed by atoms with van der Waals surface area (Å²) in [4.78, 5) is 49.0. The summed E-state index contributed by atoms with van der Waals surface area (Å²) in [6.45, 7) is 2.67. The first-order valence-corrected chi connectivity index (χ1v) is 15.0. The number of piperazine rings is 1. The molecule has 3 amide bonds. The number of amides is 3. The van der Waals surface area contributed by atoms with Crippen molar-refractivity contribution in [3.8, 4) is 0 Å². The number of benzene rings is 3. The zero-order valence-corrected chi connectivity index (χ0v) is 24.6. The molecule has 6 rings (SSSR count). The van der Waals surface area contributed by atoms with Crippen molar-refractivity contribution < 1.29 is 14.4 Å². The summed E-state index contributed by atoms with van der Waals surface area (Å²) in [6, 6.07) is 21.6. The van der Waals surface area contributed by atoms with Gasteiger partial charge in [0.15, 0.2) is 0 Å². The van der Waals surface area contributed by atoms with Crippen LogP contribution in [0.15, 0.2) is 83.9 Å². The Kier molecular flexibility index (Phi) is 7.49. The van der Waals surface area contributed by atoms with Crippen molar-refractivity contribution in [3.05, 3.63) is 100 Å². The Morgan fingerprint density at radius 2 is 1.76 bits per heavy atom. The number of hydrogen-bond donors (Lipinski definition) is 2. The number of carbonyl (C=O) groups is 3. The number of halogens is 2. The van der Waals surface area contributed by atoms with Gasteiger partial charge in [0.2, 0.25) is 17.7 Å². The lowest BCUT2D eigenvalue weighted by atomic mass is 9.89. The molecule has 10 heteroatoms. The second-order valence-electron chi connectivity index (χ2n) is 10.4. The molecule has 0 bridgehead atoms. The fourth-order valence-corrected chi connectivity index (χ4v) is 7.75. The molecular weight excluding hydrogens is 579 g/mol. The second kappa shape index (κ2) is 11.1. The fourth-order valence-electron chi connectivity index (χ4n) is 5.98. The lowest BCUT2D eigenvalue weighted by molar-refractivity contribution is -0.140. The van der Waals surface area contributed by atoms with Crippen molar-refractivity contribution in [2.24, 2.45) is 0 Å².